The van der Waals surface area contributed by atoms with E-state index in [1.54, 1.807) is 23.8 Å². The fraction of sp³-hybridized carbons (Fsp3) is 0.400. The van der Waals surface area contributed by atoms with E-state index in [1.165, 1.54) is 11.6 Å². The van der Waals surface area contributed by atoms with Gasteiger partial charge in [0.25, 0.3) is 0 Å². The fourth-order valence-corrected chi connectivity index (χ4v) is 3.10. The Balaban J connectivity index is 0.000000312. The van der Waals surface area contributed by atoms with Gasteiger partial charge in [0.2, 0.25) is 11.9 Å². The summed E-state index contributed by atoms with van der Waals surface area (Å²) in [5, 5.41) is 17.8. The van der Waals surface area contributed by atoms with Crippen LogP contribution in [0.1, 0.15) is 26.7 Å². The first kappa shape index (κ1) is 22.8. The highest BCUT2D eigenvalue weighted by Crippen LogP contribution is 2.29. The number of amides is 1. The third kappa shape index (κ3) is 5.07. The number of alkyl halides is 1. The predicted molar refractivity (Wildman–Crippen MR) is 121 cm³/mol. The van der Waals surface area contributed by atoms with Crippen LogP contribution in [0.3, 0.4) is 0 Å². The van der Waals surface area contributed by atoms with Crippen LogP contribution in [0, 0.1) is 0 Å². The lowest BCUT2D eigenvalue weighted by atomic mass is 10.2. The largest absolute Gasteiger partial charge is 0.371 e. The summed E-state index contributed by atoms with van der Waals surface area (Å²) in [7, 11) is 1.76. The summed E-state index contributed by atoms with van der Waals surface area (Å²) in [5.74, 6) is 0.834. The number of fused-ring (bicyclic) bond motifs is 2. The molecule has 170 valence electrons. The van der Waals surface area contributed by atoms with Crippen molar-refractivity contribution in [1.29, 1.82) is 0 Å². The molecular weight excluding hydrogens is 415 g/mol. The molecule has 11 nitrogen and oxygen atoms in total. The number of hydrogen-bond donors (Lipinski definition) is 3. The molecule has 32 heavy (non-hydrogen) atoms. The first-order valence-electron chi connectivity index (χ1n) is 10.3. The maximum absolute atomic E-state index is 12.6. The van der Waals surface area contributed by atoms with Gasteiger partial charge < -0.3 is 16.4 Å². The molecule has 0 saturated carbocycles. The average molecular weight is 443 g/mol. The molecule has 0 saturated heterocycles. The van der Waals surface area contributed by atoms with Crippen molar-refractivity contribution in [2.24, 2.45) is 0 Å². The number of nitrogens with one attached hydrogen (secondary N) is 2. The minimum Gasteiger partial charge on any atom is -0.371 e. The molecule has 0 bridgehead atoms. The van der Waals surface area contributed by atoms with Crippen molar-refractivity contribution in [3.8, 4) is 11.3 Å². The van der Waals surface area contributed by atoms with Gasteiger partial charge in [-0.05, 0) is 24.6 Å². The molecule has 4 N–H and O–H groups in total. The summed E-state index contributed by atoms with van der Waals surface area (Å²) < 4.78 is 15.7. The Labute approximate surface area is 184 Å². The monoisotopic (exact) mass is 442 g/mol. The van der Waals surface area contributed by atoms with Gasteiger partial charge in [-0.2, -0.15) is 4.98 Å². The Bertz CT molecular complexity index is 1200. The Kier molecular flexibility index (Phi) is 7.47. The van der Waals surface area contributed by atoms with Crippen molar-refractivity contribution in [1.82, 2.24) is 39.9 Å². The first-order chi connectivity index (χ1) is 15.5. The number of pyridine rings is 1. The van der Waals surface area contributed by atoms with Crippen molar-refractivity contribution in [3.63, 3.8) is 0 Å². The number of aryl methyl sites for hydroxylation is 1. The maximum atomic E-state index is 12.6. The SMILES string of the molecule is CCCCNC(C)=O.CNc1nc(N)nn2ccc(-c3ccc4nnn(CCF)c4n3)c12. The van der Waals surface area contributed by atoms with Gasteiger partial charge in [0.05, 0.1) is 12.2 Å². The summed E-state index contributed by atoms with van der Waals surface area (Å²) >= 11 is 0. The van der Waals surface area contributed by atoms with Gasteiger partial charge in [-0.3, -0.25) is 4.79 Å². The smallest absolute Gasteiger partial charge is 0.240 e. The number of halogens is 1. The Hall–Kier alpha value is -3.83. The second kappa shape index (κ2) is 10.5. The number of carbonyl (C=O) groups is 1. The maximum Gasteiger partial charge on any atom is 0.240 e. The lowest BCUT2D eigenvalue weighted by Crippen LogP contribution is -2.20. The molecule has 12 heteroatoms. The standard InChI is InChI=1S/C14H14FN9.C6H13NO/c1-17-12-11-8(4-6-23(11)21-14(16)19-12)9-2-3-10-13(18-9)24(7-5-15)22-20-10;1-3-4-5-7-6(2)8/h2-4,6H,5,7H2,1H3,(H3,16,17,19,21);3-5H2,1-2H3,(H,7,8). The molecule has 0 spiro atoms. The van der Waals surface area contributed by atoms with E-state index < -0.39 is 6.67 Å². The van der Waals surface area contributed by atoms with E-state index in [0.29, 0.717) is 22.7 Å². The van der Waals surface area contributed by atoms with Gasteiger partial charge in [0, 0.05) is 32.3 Å². The Morgan fingerprint density at radius 2 is 2.06 bits per heavy atom. The molecule has 0 atom stereocenters. The number of rotatable bonds is 7. The van der Waals surface area contributed by atoms with Gasteiger partial charge in [-0.15, -0.1) is 10.2 Å². The summed E-state index contributed by atoms with van der Waals surface area (Å²) in [4.78, 5) is 19.0. The number of nitrogen functional groups attached to an aromatic ring is 1. The van der Waals surface area contributed by atoms with Crippen LogP contribution in [0.25, 0.3) is 27.9 Å². The second-order valence-corrected chi connectivity index (χ2v) is 6.97. The molecular formula is C20H27FN10O. The predicted octanol–water partition coefficient (Wildman–Crippen LogP) is 2.05. The molecule has 0 aliphatic carbocycles. The molecule has 0 aromatic carbocycles. The third-order valence-corrected chi connectivity index (χ3v) is 4.60. The minimum atomic E-state index is -0.531. The Morgan fingerprint density at radius 1 is 1.25 bits per heavy atom. The highest BCUT2D eigenvalue weighted by molar-refractivity contribution is 5.89. The summed E-state index contributed by atoms with van der Waals surface area (Å²) in [6, 6.07) is 5.52. The van der Waals surface area contributed by atoms with E-state index >= 15 is 0 Å². The number of nitrogens with two attached hydrogens (primary N) is 1. The van der Waals surface area contributed by atoms with E-state index in [0.717, 1.165) is 30.5 Å². The van der Waals surface area contributed by atoms with Crippen molar-refractivity contribution >= 4 is 34.4 Å². The van der Waals surface area contributed by atoms with Gasteiger partial charge >= 0.3 is 0 Å². The van der Waals surface area contributed by atoms with Crippen molar-refractivity contribution in [2.75, 3.05) is 31.3 Å². The number of unbranched alkanes of at least 4 members (excludes halogenated alkanes) is 1. The lowest BCUT2D eigenvalue weighted by molar-refractivity contribution is -0.118. The van der Waals surface area contributed by atoms with E-state index in [2.05, 4.69) is 42.9 Å². The fourth-order valence-electron chi connectivity index (χ4n) is 3.10. The van der Waals surface area contributed by atoms with Crippen LogP contribution < -0.4 is 16.4 Å². The number of hydrogen-bond acceptors (Lipinski definition) is 8. The van der Waals surface area contributed by atoms with Gasteiger partial charge in [0.1, 0.15) is 17.7 Å². The van der Waals surface area contributed by atoms with Crippen LogP contribution in [-0.4, -0.2) is 60.8 Å². The van der Waals surface area contributed by atoms with Gasteiger partial charge in [-0.25, -0.2) is 18.6 Å². The zero-order valence-electron chi connectivity index (χ0n) is 18.3. The molecule has 1 amide bonds. The molecule has 0 fully saturated rings. The molecule has 4 aromatic rings. The topological polar surface area (TPSA) is 141 Å². The molecule has 0 aliphatic heterocycles. The van der Waals surface area contributed by atoms with Gasteiger partial charge in [0.15, 0.2) is 11.5 Å². The number of aromatic nitrogens is 7. The normalized spacial score (nSPS) is 10.8. The molecule has 4 rings (SSSR count). The minimum absolute atomic E-state index is 0.0680. The van der Waals surface area contributed by atoms with Crippen LogP contribution in [0.2, 0.25) is 0 Å². The third-order valence-electron chi connectivity index (χ3n) is 4.60. The number of anilines is 2. The number of nitrogens with zero attached hydrogens (tertiary/aromatic N) is 7. The van der Waals surface area contributed by atoms with Crippen molar-refractivity contribution < 1.29 is 9.18 Å². The lowest BCUT2D eigenvalue weighted by Gasteiger charge is -2.06. The van der Waals surface area contributed by atoms with E-state index in [4.69, 9.17) is 5.73 Å². The van der Waals surface area contributed by atoms with Gasteiger partial charge in [-0.1, -0.05) is 18.6 Å². The van der Waals surface area contributed by atoms with Crippen molar-refractivity contribution in [3.05, 3.63) is 24.4 Å². The average Bonchev–Trinajstić information content (AvgIpc) is 3.38. The Morgan fingerprint density at radius 3 is 2.75 bits per heavy atom. The van der Waals surface area contributed by atoms with Crippen LogP contribution in [0.5, 0.6) is 0 Å². The van der Waals surface area contributed by atoms with E-state index in [1.807, 2.05) is 12.1 Å². The molecule has 4 aromatic heterocycles. The zero-order valence-corrected chi connectivity index (χ0v) is 18.3. The van der Waals surface area contributed by atoms with Crippen LogP contribution in [0.15, 0.2) is 24.4 Å². The highest BCUT2D eigenvalue weighted by Gasteiger charge is 2.15. The molecule has 4 heterocycles. The first-order valence-corrected chi connectivity index (χ1v) is 10.3. The van der Waals surface area contributed by atoms with E-state index in [-0.39, 0.29) is 18.4 Å². The van der Waals surface area contributed by atoms with Crippen LogP contribution in [0.4, 0.5) is 16.2 Å². The molecule has 0 aliphatic rings. The van der Waals surface area contributed by atoms with Crippen molar-refractivity contribution in [2.45, 2.75) is 33.2 Å². The summed E-state index contributed by atoms with van der Waals surface area (Å²) in [5.41, 5.74) is 9.13. The zero-order chi connectivity index (χ0) is 23.1. The summed E-state index contributed by atoms with van der Waals surface area (Å²) in [6.07, 6.45) is 4.01. The van der Waals surface area contributed by atoms with E-state index in [9.17, 15) is 9.18 Å². The number of carbonyl (C=O) groups excluding carboxylic acids is 1. The molecule has 0 radical (unpaired) electrons. The molecule has 0 unspecified atom stereocenters. The van der Waals surface area contributed by atoms with Crippen LogP contribution >= 0.6 is 0 Å². The second-order valence-electron chi connectivity index (χ2n) is 6.97. The highest BCUT2D eigenvalue weighted by atomic mass is 19.1. The quantitative estimate of drug-likeness (QED) is 0.369. The van der Waals surface area contributed by atoms with Crippen LogP contribution in [-0.2, 0) is 11.3 Å². The summed E-state index contributed by atoms with van der Waals surface area (Å²) in [6.45, 7) is 4.05.